The van der Waals surface area contributed by atoms with Crippen LogP contribution in [0.15, 0.2) is 53.7 Å². The first-order valence-electron chi connectivity index (χ1n) is 8.26. The zero-order valence-corrected chi connectivity index (χ0v) is 14.8. The Balaban J connectivity index is 1.97. The van der Waals surface area contributed by atoms with Crippen LogP contribution in [0.2, 0.25) is 0 Å². The quantitative estimate of drug-likeness (QED) is 0.617. The van der Waals surface area contributed by atoms with Crippen LogP contribution in [0.25, 0.3) is 28.0 Å². The minimum Gasteiger partial charge on any atom is -0.480 e. The van der Waals surface area contributed by atoms with Crippen molar-refractivity contribution in [2.45, 2.75) is 13.8 Å². The summed E-state index contributed by atoms with van der Waals surface area (Å²) in [6.07, 6.45) is 5.11. The summed E-state index contributed by atoms with van der Waals surface area (Å²) in [5.41, 5.74) is 4.08. The van der Waals surface area contributed by atoms with Crippen LogP contribution in [-0.2, 0) is 0 Å². The number of benzene rings is 1. The molecule has 0 aliphatic rings. The highest BCUT2D eigenvalue weighted by molar-refractivity contribution is 5.85. The summed E-state index contributed by atoms with van der Waals surface area (Å²) in [5.74, 6) is 1.01. The lowest BCUT2D eigenvalue weighted by atomic mass is 10.1. The Hall–Kier alpha value is -3.41. The summed E-state index contributed by atoms with van der Waals surface area (Å²) in [6.45, 7) is 4.03. The van der Waals surface area contributed by atoms with E-state index in [-0.39, 0.29) is 5.56 Å². The highest BCUT2D eigenvalue weighted by Crippen LogP contribution is 2.26. The van der Waals surface area contributed by atoms with Crippen molar-refractivity contribution in [3.8, 4) is 23.0 Å². The molecule has 6 nitrogen and oxygen atoms in total. The summed E-state index contributed by atoms with van der Waals surface area (Å²) in [6, 6.07) is 9.69. The molecule has 4 rings (SSSR count). The molecule has 0 bridgehead atoms. The van der Waals surface area contributed by atoms with Crippen molar-refractivity contribution < 1.29 is 4.74 Å². The van der Waals surface area contributed by atoms with Gasteiger partial charge in [-0.1, -0.05) is 11.6 Å². The number of nitrogens with one attached hydrogen (secondary N) is 1. The number of H-pyrrole nitrogens is 1. The summed E-state index contributed by atoms with van der Waals surface area (Å²) >= 11 is 0. The molecule has 26 heavy (non-hydrogen) atoms. The number of imidazole rings is 1. The molecule has 0 aliphatic carbocycles. The van der Waals surface area contributed by atoms with Gasteiger partial charge in [0.2, 0.25) is 5.88 Å². The monoisotopic (exact) mass is 346 g/mol. The molecular formula is C20H18N4O2. The van der Waals surface area contributed by atoms with E-state index < -0.39 is 0 Å². The minimum atomic E-state index is -0.181. The van der Waals surface area contributed by atoms with Gasteiger partial charge in [-0.05, 0) is 49.1 Å². The molecule has 3 heterocycles. The van der Waals surface area contributed by atoms with Gasteiger partial charge in [0.15, 0.2) is 0 Å². The van der Waals surface area contributed by atoms with Gasteiger partial charge in [-0.3, -0.25) is 9.36 Å². The second-order valence-corrected chi connectivity index (χ2v) is 6.21. The first-order valence-corrected chi connectivity index (χ1v) is 8.26. The Kier molecular flexibility index (Phi) is 3.80. The molecule has 0 amide bonds. The lowest BCUT2D eigenvalue weighted by Crippen LogP contribution is -2.12. The van der Waals surface area contributed by atoms with Crippen molar-refractivity contribution in [3.63, 3.8) is 0 Å². The van der Waals surface area contributed by atoms with Crippen molar-refractivity contribution >= 4 is 10.9 Å². The molecule has 0 fully saturated rings. The normalized spacial score (nSPS) is 11.0. The van der Waals surface area contributed by atoms with Crippen molar-refractivity contribution in [1.82, 2.24) is 19.5 Å². The van der Waals surface area contributed by atoms with Crippen LogP contribution >= 0.6 is 0 Å². The molecule has 1 aromatic carbocycles. The zero-order chi connectivity index (χ0) is 18.3. The Labute approximate surface area is 150 Å². The number of pyridine rings is 2. The zero-order valence-electron chi connectivity index (χ0n) is 14.8. The summed E-state index contributed by atoms with van der Waals surface area (Å²) in [4.78, 5) is 24.4. The topological polar surface area (TPSA) is 72.8 Å². The molecule has 0 saturated carbocycles. The van der Waals surface area contributed by atoms with E-state index in [0.717, 1.165) is 27.7 Å². The van der Waals surface area contributed by atoms with Crippen molar-refractivity contribution in [2.75, 3.05) is 7.11 Å². The number of hydrogen-bond acceptors (Lipinski definition) is 4. The molecule has 130 valence electrons. The van der Waals surface area contributed by atoms with Crippen LogP contribution in [0.1, 0.15) is 11.1 Å². The van der Waals surface area contributed by atoms with E-state index in [1.165, 1.54) is 0 Å². The molecular weight excluding hydrogens is 328 g/mol. The maximum atomic E-state index is 12.8. The Bertz CT molecular complexity index is 1170. The standard InChI is InChI=1S/C20H18N4O2/c1-12-9-13(2)17-14(10-12)11-15(19(25)23-17)18-21-7-8-24(18)16-5-4-6-22-20(16)26-3/h4-11H,1-3H3,(H,23,25). The number of aryl methyl sites for hydroxylation is 2. The highest BCUT2D eigenvalue weighted by Gasteiger charge is 2.16. The van der Waals surface area contributed by atoms with E-state index in [1.807, 2.05) is 36.6 Å². The van der Waals surface area contributed by atoms with Crippen LogP contribution in [0.4, 0.5) is 0 Å². The molecule has 0 radical (unpaired) electrons. The first-order chi connectivity index (χ1) is 12.6. The number of ether oxygens (including phenoxy) is 1. The number of aromatic nitrogens is 4. The molecule has 6 heteroatoms. The average molecular weight is 346 g/mol. The molecule has 0 spiro atoms. The molecule has 0 unspecified atom stereocenters. The van der Waals surface area contributed by atoms with E-state index in [1.54, 1.807) is 25.7 Å². The number of rotatable bonds is 3. The number of hydrogen-bond donors (Lipinski definition) is 1. The number of methoxy groups -OCH3 is 1. The fourth-order valence-corrected chi connectivity index (χ4v) is 3.27. The fraction of sp³-hybridized carbons (Fsp3) is 0.150. The van der Waals surface area contributed by atoms with Gasteiger partial charge in [0.1, 0.15) is 11.5 Å². The van der Waals surface area contributed by atoms with Gasteiger partial charge >= 0.3 is 0 Å². The van der Waals surface area contributed by atoms with Gasteiger partial charge < -0.3 is 9.72 Å². The summed E-state index contributed by atoms with van der Waals surface area (Å²) in [7, 11) is 1.57. The van der Waals surface area contributed by atoms with Gasteiger partial charge in [0.25, 0.3) is 5.56 Å². The number of aromatic amines is 1. The Morgan fingerprint density at radius 2 is 1.96 bits per heavy atom. The third-order valence-corrected chi connectivity index (χ3v) is 4.38. The molecule has 4 aromatic rings. The van der Waals surface area contributed by atoms with Crippen LogP contribution in [0, 0.1) is 13.8 Å². The lowest BCUT2D eigenvalue weighted by molar-refractivity contribution is 0.396. The van der Waals surface area contributed by atoms with Gasteiger partial charge in [-0.2, -0.15) is 0 Å². The maximum absolute atomic E-state index is 12.8. The van der Waals surface area contributed by atoms with Crippen LogP contribution < -0.4 is 10.3 Å². The van der Waals surface area contributed by atoms with Crippen molar-refractivity contribution in [1.29, 1.82) is 0 Å². The molecule has 0 atom stereocenters. The SMILES string of the molecule is COc1ncccc1-n1ccnc1-c1cc2cc(C)cc(C)c2[nH]c1=O. The molecule has 0 aliphatic heterocycles. The maximum Gasteiger partial charge on any atom is 0.259 e. The first kappa shape index (κ1) is 16.1. The Morgan fingerprint density at radius 3 is 2.77 bits per heavy atom. The predicted molar refractivity (Wildman–Crippen MR) is 101 cm³/mol. The predicted octanol–water partition coefficient (Wildman–Crippen LogP) is 3.40. The molecule has 1 N–H and O–H groups in total. The fourth-order valence-electron chi connectivity index (χ4n) is 3.27. The van der Waals surface area contributed by atoms with Crippen LogP contribution in [0.5, 0.6) is 5.88 Å². The third-order valence-electron chi connectivity index (χ3n) is 4.38. The van der Waals surface area contributed by atoms with Gasteiger partial charge in [-0.25, -0.2) is 9.97 Å². The van der Waals surface area contributed by atoms with E-state index >= 15 is 0 Å². The number of nitrogens with zero attached hydrogens (tertiary/aromatic N) is 3. The van der Waals surface area contributed by atoms with E-state index in [4.69, 9.17) is 4.74 Å². The Morgan fingerprint density at radius 1 is 1.12 bits per heavy atom. The van der Waals surface area contributed by atoms with E-state index in [0.29, 0.717) is 17.3 Å². The van der Waals surface area contributed by atoms with Crippen LogP contribution in [-0.4, -0.2) is 26.6 Å². The third kappa shape index (κ3) is 2.56. The van der Waals surface area contributed by atoms with Crippen molar-refractivity contribution in [2.24, 2.45) is 0 Å². The van der Waals surface area contributed by atoms with Gasteiger partial charge in [0, 0.05) is 18.6 Å². The summed E-state index contributed by atoms with van der Waals surface area (Å²) < 4.78 is 7.16. The lowest BCUT2D eigenvalue weighted by Gasteiger charge is -2.11. The second-order valence-electron chi connectivity index (χ2n) is 6.21. The van der Waals surface area contributed by atoms with Gasteiger partial charge in [0.05, 0.1) is 18.2 Å². The van der Waals surface area contributed by atoms with Crippen molar-refractivity contribution in [3.05, 3.63) is 70.4 Å². The van der Waals surface area contributed by atoms with Crippen LogP contribution in [0.3, 0.4) is 0 Å². The number of fused-ring (bicyclic) bond motifs is 1. The summed E-state index contributed by atoms with van der Waals surface area (Å²) in [5, 5.41) is 0.977. The van der Waals surface area contributed by atoms with E-state index in [2.05, 4.69) is 27.1 Å². The highest BCUT2D eigenvalue weighted by atomic mass is 16.5. The minimum absolute atomic E-state index is 0.181. The van der Waals surface area contributed by atoms with Gasteiger partial charge in [-0.15, -0.1) is 0 Å². The second kappa shape index (κ2) is 6.15. The largest absolute Gasteiger partial charge is 0.480 e. The average Bonchev–Trinajstić information content (AvgIpc) is 3.11. The molecule has 3 aromatic heterocycles. The van der Waals surface area contributed by atoms with E-state index in [9.17, 15) is 4.79 Å². The molecule has 0 saturated heterocycles. The smallest absolute Gasteiger partial charge is 0.259 e.